The van der Waals surface area contributed by atoms with Gasteiger partial charge in [0, 0.05) is 24.4 Å². The van der Waals surface area contributed by atoms with Crippen molar-refractivity contribution < 1.29 is 9.59 Å². The molecule has 2 rings (SSSR count). The van der Waals surface area contributed by atoms with Crippen LogP contribution < -0.4 is 5.32 Å². The van der Waals surface area contributed by atoms with Gasteiger partial charge < -0.3 is 10.2 Å². The van der Waals surface area contributed by atoms with Gasteiger partial charge in [-0.3, -0.25) is 9.59 Å². The Morgan fingerprint density at radius 1 is 1.11 bits per heavy atom. The van der Waals surface area contributed by atoms with Crippen LogP contribution in [0, 0.1) is 13.8 Å². The maximum Gasteiger partial charge on any atom is 0.242 e. The summed E-state index contributed by atoms with van der Waals surface area (Å²) in [4.78, 5) is 26.7. The van der Waals surface area contributed by atoms with Crippen LogP contribution in [-0.2, 0) is 21.9 Å². The van der Waals surface area contributed by atoms with Gasteiger partial charge >= 0.3 is 0 Å². The highest BCUT2D eigenvalue weighted by Gasteiger charge is 2.25. The molecule has 0 unspecified atom stereocenters. The fourth-order valence-electron chi connectivity index (χ4n) is 3.11. The van der Waals surface area contributed by atoms with Gasteiger partial charge in [-0.15, -0.1) is 11.8 Å². The summed E-state index contributed by atoms with van der Waals surface area (Å²) in [5.74, 6) is 0.822. The van der Waals surface area contributed by atoms with E-state index >= 15 is 0 Å². The van der Waals surface area contributed by atoms with Crippen molar-refractivity contribution in [2.45, 2.75) is 39.1 Å². The first-order chi connectivity index (χ1) is 13.3. The number of halogens is 1. The highest BCUT2D eigenvalue weighted by molar-refractivity contribution is 7.99. The molecule has 0 aliphatic carbocycles. The number of aryl methyl sites for hydroxylation is 2. The average molecular weight is 419 g/mol. The second-order valence-electron chi connectivity index (χ2n) is 6.93. The maximum absolute atomic E-state index is 12.9. The van der Waals surface area contributed by atoms with Crippen molar-refractivity contribution in [3.05, 3.63) is 69.7 Å². The normalized spacial score (nSPS) is 11.8. The molecule has 0 bridgehead atoms. The highest BCUT2D eigenvalue weighted by atomic mass is 35.5. The quantitative estimate of drug-likeness (QED) is 0.693. The van der Waals surface area contributed by atoms with E-state index in [1.54, 1.807) is 36.7 Å². The molecule has 0 saturated heterocycles. The largest absolute Gasteiger partial charge is 0.357 e. The number of rotatable bonds is 8. The van der Waals surface area contributed by atoms with Crippen LogP contribution in [0.3, 0.4) is 0 Å². The van der Waals surface area contributed by atoms with Crippen LogP contribution in [0.2, 0.25) is 5.02 Å². The number of benzene rings is 2. The third kappa shape index (κ3) is 6.57. The molecule has 150 valence electrons. The summed E-state index contributed by atoms with van der Waals surface area (Å²) in [7, 11) is 1.58. The van der Waals surface area contributed by atoms with E-state index in [1.165, 1.54) is 16.7 Å². The molecular formula is C22H27ClN2O2S. The van der Waals surface area contributed by atoms with Crippen LogP contribution in [0.15, 0.2) is 42.5 Å². The second kappa shape index (κ2) is 10.5. The number of likely N-dealkylation sites (N-methyl/N-ethyl adjacent to an activating group) is 1. The standard InChI is InChI=1S/C22H27ClN2O2S/c1-15-8-16(2)10-19(9-15)13-28-14-21(26)25(17(3)22(27)24-4)12-18-6-5-7-20(23)11-18/h5-11,17H,12-14H2,1-4H3,(H,24,27)/t17-/m0/s1. The number of nitrogens with one attached hydrogen (secondary N) is 1. The molecule has 0 aliphatic rings. The first kappa shape index (κ1) is 22.3. The Morgan fingerprint density at radius 2 is 1.79 bits per heavy atom. The maximum atomic E-state index is 12.9. The molecule has 6 heteroatoms. The number of thioether (sulfide) groups is 1. The molecule has 0 radical (unpaired) electrons. The van der Waals surface area contributed by atoms with Crippen LogP contribution in [0.4, 0.5) is 0 Å². The molecular weight excluding hydrogens is 392 g/mol. The van der Waals surface area contributed by atoms with E-state index in [0.29, 0.717) is 17.3 Å². The van der Waals surface area contributed by atoms with Crippen LogP contribution in [-0.4, -0.2) is 35.6 Å². The number of carbonyl (C=O) groups excluding carboxylic acids is 2. The fourth-order valence-corrected chi connectivity index (χ4v) is 4.17. The Labute approximate surface area is 176 Å². The summed E-state index contributed by atoms with van der Waals surface area (Å²) in [6.07, 6.45) is 0. The number of nitrogens with zero attached hydrogens (tertiary/aromatic N) is 1. The highest BCUT2D eigenvalue weighted by Crippen LogP contribution is 2.19. The summed E-state index contributed by atoms with van der Waals surface area (Å²) in [5, 5.41) is 3.24. The summed E-state index contributed by atoms with van der Waals surface area (Å²) in [5.41, 5.74) is 4.54. The predicted octanol–water partition coefficient (Wildman–Crippen LogP) is 4.35. The first-order valence-corrected chi connectivity index (χ1v) is 10.7. The molecule has 2 amide bonds. The third-order valence-corrected chi connectivity index (χ3v) is 5.66. The number of hydrogen-bond acceptors (Lipinski definition) is 3. The lowest BCUT2D eigenvalue weighted by Crippen LogP contribution is -2.47. The van der Waals surface area contributed by atoms with Gasteiger partial charge in [-0.25, -0.2) is 0 Å². The Kier molecular flexibility index (Phi) is 8.39. The Bertz CT molecular complexity index is 821. The molecule has 2 aromatic rings. The minimum absolute atomic E-state index is 0.0644. The SMILES string of the molecule is CNC(=O)[C@H](C)N(Cc1cccc(Cl)c1)C(=O)CSCc1cc(C)cc(C)c1. The van der Waals surface area contributed by atoms with E-state index in [-0.39, 0.29) is 11.8 Å². The average Bonchev–Trinajstić information content (AvgIpc) is 2.64. The molecule has 0 aliphatic heterocycles. The molecule has 0 heterocycles. The minimum atomic E-state index is -0.557. The Balaban J connectivity index is 2.06. The zero-order chi connectivity index (χ0) is 20.7. The lowest BCUT2D eigenvalue weighted by molar-refractivity contribution is -0.138. The number of carbonyl (C=O) groups is 2. The molecule has 0 aromatic heterocycles. The van der Waals surface area contributed by atoms with Gasteiger partial charge in [0.05, 0.1) is 5.75 Å². The summed E-state index contributed by atoms with van der Waals surface area (Å²) >= 11 is 7.63. The van der Waals surface area contributed by atoms with Gasteiger partial charge in [0.1, 0.15) is 6.04 Å². The number of amides is 2. The summed E-state index contributed by atoms with van der Waals surface area (Å²) < 4.78 is 0. The topological polar surface area (TPSA) is 49.4 Å². The predicted molar refractivity (Wildman–Crippen MR) is 118 cm³/mol. The molecule has 0 fully saturated rings. The van der Waals surface area contributed by atoms with Gasteiger partial charge in [0.2, 0.25) is 11.8 Å². The molecule has 0 spiro atoms. The van der Waals surface area contributed by atoms with Gasteiger partial charge in [-0.2, -0.15) is 0 Å². The molecule has 1 atom stereocenters. The summed E-state index contributed by atoms with van der Waals surface area (Å²) in [6.45, 7) is 6.24. The zero-order valence-corrected chi connectivity index (χ0v) is 18.4. The van der Waals surface area contributed by atoms with Crippen molar-refractivity contribution in [2.75, 3.05) is 12.8 Å². The van der Waals surface area contributed by atoms with Crippen molar-refractivity contribution in [2.24, 2.45) is 0 Å². The van der Waals surface area contributed by atoms with E-state index in [1.807, 2.05) is 18.2 Å². The third-order valence-electron chi connectivity index (χ3n) is 4.43. The van der Waals surface area contributed by atoms with E-state index in [9.17, 15) is 9.59 Å². The molecule has 4 nitrogen and oxygen atoms in total. The van der Waals surface area contributed by atoms with Crippen LogP contribution in [0.25, 0.3) is 0 Å². The second-order valence-corrected chi connectivity index (χ2v) is 8.35. The van der Waals surface area contributed by atoms with E-state index < -0.39 is 6.04 Å². The van der Waals surface area contributed by atoms with Gasteiger partial charge in [0.15, 0.2) is 0 Å². The molecule has 28 heavy (non-hydrogen) atoms. The lowest BCUT2D eigenvalue weighted by Gasteiger charge is -2.28. The van der Waals surface area contributed by atoms with Crippen LogP contribution >= 0.6 is 23.4 Å². The van der Waals surface area contributed by atoms with Gasteiger partial charge in [-0.05, 0) is 44.0 Å². The van der Waals surface area contributed by atoms with E-state index in [2.05, 4.69) is 37.4 Å². The van der Waals surface area contributed by atoms with Gasteiger partial charge in [-0.1, -0.05) is 53.1 Å². The Morgan fingerprint density at radius 3 is 2.39 bits per heavy atom. The minimum Gasteiger partial charge on any atom is -0.357 e. The van der Waals surface area contributed by atoms with E-state index in [4.69, 9.17) is 11.6 Å². The van der Waals surface area contributed by atoms with Crippen LogP contribution in [0.1, 0.15) is 29.2 Å². The fraction of sp³-hybridized carbons (Fsp3) is 0.364. The lowest BCUT2D eigenvalue weighted by atomic mass is 10.1. The van der Waals surface area contributed by atoms with Crippen molar-refractivity contribution in [1.82, 2.24) is 10.2 Å². The molecule has 0 saturated carbocycles. The monoisotopic (exact) mass is 418 g/mol. The number of hydrogen-bond donors (Lipinski definition) is 1. The van der Waals surface area contributed by atoms with E-state index in [0.717, 1.165) is 11.3 Å². The smallest absolute Gasteiger partial charge is 0.242 e. The van der Waals surface area contributed by atoms with Crippen molar-refractivity contribution in [1.29, 1.82) is 0 Å². The van der Waals surface area contributed by atoms with Crippen LogP contribution in [0.5, 0.6) is 0 Å². The zero-order valence-electron chi connectivity index (χ0n) is 16.8. The molecule has 1 N–H and O–H groups in total. The van der Waals surface area contributed by atoms with Crippen molar-refractivity contribution >= 4 is 35.2 Å². The first-order valence-electron chi connectivity index (χ1n) is 9.20. The van der Waals surface area contributed by atoms with Crippen molar-refractivity contribution in [3.63, 3.8) is 0 Å². The van der Waals surface area contributed by atoms with Crippen molar-refractivity contribution in [3.8, 4) is 0 Å². The summed E-state index contributed by atoms with van der Waals surface area (Å²) in [6, 6.07) is 13.2. The Hall–Kier alpha value is -1.98. The molecule has 2 aromatic carbocycles. The van der Waals surface area contributed by atoms with Gasteiger partial charge in [0.25, 0.3) is 0 Å².